The van der Waals surface area contributed by atoms with Crippen LogP contribution in [0.3, 0.4) is 0 Å². The summed E-state index contributed by atoms with van der Waals surface area (Å²) in [4.78, 5) is 0. The van der Waals surface area contributed by atoms with Gasteiger partial charge in [-0.25, -0.2) is 0 Å². The molecule has 2 aliphatic heterocycles. The Morgan fingerprint density at radius 2 is 1.71 bits per heavy atom. The molecule has 4 aliphatic rings. The van der Waals surface area contributed by atoms with E-state index in [0.717, 1.165) is 11.3 Å². The monoisotopic (exact) mass is 459 g/mol. The minimum absolute atomic E-state index is 0.678. The summed E-state index contributed by atoms with van der Waals surface area (Å²) in [7, 11) is -1.10. The third kappa shape index (κ3) is 2.45. The molecule has 28 heavy (non-hydrogen) atoms. The van der Waals surface area contributed by atoms with Crippen LogP contribution in [0.25, 0.3) is 22.0 Å². The summed E-state index contributed by atoms with van der Waals surface area (Å²) in [5.41, 5.74) is 8.33. The van der Waals surface area contributed by atoms with Gasteiger partial charge in [0.15, 0.2) is 0 Å². The zero-order chi connectivity index (χ0) is 19.8. The maximum absolute atomic E-state index is 5.76. The van der Waals surface area contributed by atoms with Gasteiger partial charge in [-0.3, -0.25) is 0 Å². The van der Waals surface area contributed by atoms with Crippen molar-refractivity contribution in [3.05, 3.63) is 81.8 Å². The van der Waals surface area contributed by atoms with E-state index in [9.17, 15) is 0 Å². The number of hydrogen-bond acceptors (Lipinski definition) is 1. The average molecular weight is 461 g/mol. The molecule has 2 bridgehead atoms. The Balaban J connectivity index is 0.000000123. The van der Waals surface area contributed by atoms with Crippen LogP contribution >= 0.6 is 0 Å². The molecule has 0 amide bonds. The van der Waals surface area contributed by atoms with Gasteiger partial charge in [0.1, 0.15) is 11.5 Å². The Hall–Kier alpha value is -1.44. The van der Waals surface area contributed by atoms with Gasteiger partial charge in [-0.05, 0) is 25.1 Å². The SMILES string of the molecule is CC1=C2c3oc(C)cc3C1[Si]2(C)C.CC1=Cc2c(ccc3ccccc23)[CH]1[Zr]. The molecule has 3 aromatic rings. The van der Waals surface area contributed by atoms with E-state index >= 15 is 0 Å². The Morgan fingerprint density at radius 1 is 0.964 bits per heavy atom. The van der Waals surface area contributed by atoms with E-state index in [1.54, 1.807) is 35.5 Å². The predicted molar refractivity (Wildman–Crippen MR) is 117 cm³/mol. The molecule has 0 spiro atoms. The van der Waals surface area contributed by atoms with Crippen molar-refractivity contribution in [2.75, 3.05) is 0 Å². The number of rotatable bonds is 0. The summed E-state index contributed by atoms with van der Waals surface area (Å²) < 4.78 is 6.44. The number of hydrogen-bond donors (Lipinski definition) is 0. The number of furan rings is 1. The molecule has 7 rings (SSSR count). The molecule has 3 heteroatoms. The van der Waals surface area contributed by atoms with Gasteiger partial charge in [0, 0.05) is 11.1 Å². The molecule has 0 saturated heterocycles. The normalized spacial score (nSPS) is 22.9. The van der Waals surface area contributed by atoms with Crippen LogP contribution in [0.15, 0.2) is 58.0 Å². The summed E-state index contributed by atoms with van der Waals surface area (Å²) in [6.07, 6.45) is 2.36. The van der Waals surface area contributed by atoms with E-state index in [1.165, 1.54) is 38.8 Å². The van der Waals surface area contributed by atoms with Crippen molar-refractivity contribution in [2.45, 2.75) is 43.0 Å². The van der Waals surface area contributed by atoms with E-state index in [-0.39, 0.29) is 0 Å². The van der Waals surface area contributed by atoms with Gasteiger partial charge in [-0.2, -0.15) is 0 Å². The van der Waals surface area contributed by atoms with Crippen LogP contribution in [0.1, 0.15) is 51.2 Å². The third-order valence-corrected chi connectivity index (χ3v) is 12.7. The first-order valence-corrected chi connectivity index (χ1v) is 14.5. The van der Waals surface area contributed by atoms with Gasteiger partial charge in [0.2, 0.25) is 0 Å². The molecule has 139 valence electrons. The van der Waals surface area contributed by atoms with Crippen LogP contribution in [0.5, 0.6) is 0 Å². The molecule has 2 unspecified atom stereocenters. The van der Waals surface area contributed by atoms with Crippen molar-refractivity contribution in [3.8, 4) is 0 Å². The van der Waals surface area contributed by atoms with Crippen LogP contribution in [-0.4, -0.2) is 8.07 Å². The standard InChI is InChI=1S/C14H11.C11H14OSi.Zr/c1-10-8-12-7-6-11-4-2-3-5-13(11)14(12)9-10;1-6-5-8-9(12-6)11-7(2)10(8)13(11,3)4;/h2-9H,1H3;5,10H,1-4H3;. The fourth-order valence-electron chi connectivity index (χ4n) is 5.58. The van der Waals surface area contributed by atoms with Crippen LogP contribution in [0.4, 0.5) is 0 Å². The third-order valence-electron chi connectivity index (χ3n) is 6.76. The van der Waals surface area contributed by atoms with Crippen LogP contribution < -0.4 is 0 Å². The molecule has 2 aliphatic carbocycles. The van der Waals surface area contributed by atoms with Crippen molar-refractivity contribution >= 4 is 30.1 Å². The molecular formula is C25H25OSiZr. The second-order valence-corrected chi connectivity index (χ2v) is 14.9. The topological polar surface area (TPSA) is 13.1 Å². The number of fused-ring (bicyclic) bond motifs is 3. The molecule has 2 aromatic carbocycles. The van der Waals surface area contributed by atoms with Crippen LogP contribution in [0, 0.1) is 6.92 Å². The first kappa shape index (κ1) is 18.6. The van der Waals surface area contributed by atoms with E-state index < -0.39 is 8.07 Å². The zero-order valence-corrected chi connectivity index (χ0v) is 20.6. The number of benzene rings is 2. The minimum atomic E-state index is -1.10. The average Bonchev–Trinajstić information content (AvgIpc) is 3.30. The van der Waals surface area contributed by atoms with Crippen LogP contribution in [-0.2, 0) is 24.7 Å². The van der Waals surface area contributed by atoms with Crippen molar-refractivity contribution in [1.82, 2.24) is 0 Å². The second kappa shape index (κ2) is 6.28. The molecular weight excluding hydrogens is 436 g/mol. The summed E-state index contributed by atoms with van der Waals surface area (Å²) >= 11 is 1.60. The first-order valence-electron chi connectivity index (χ1n) is 10.0. The van der Waals surface area contributed by atoms with E-state index in [1.807, 2.05) is 6.92 Å². The molecule has 1 aromatic heterocycles. The van der Waals surface area contributed by atoms with Gasteiger partial charge in [-0.15, -0.1) is 0 Å². The van der Waals surface area contributed by atoms with Gasteiger partial charge in [-0.1, -0.05) is 18.7 Å². The molecule has 1 nitrogen and oxygen atoms in total. The fraction of sp³-hybridized carbons (Fsp3) is 0.280. The Kier molecular flexibility index (Phi) is 4.17. The molecule has 2 atom stereocenters. The second-order valence-electron chi connectivity index (χ2n) is 8.97. The summed E-state index contributed by atoms with van der Waals surface area (Å²) in [6, 6.07) is 15.4. The molecule has 0 radical (unpaired) electrons. The Labute approximate surface area is 183 Å². The van der Waals surface area contributed by atoms with Gasteiger partial charge in [0.25, 0.3) is 0 Å². The zero-order valence-electron chi connectivity index (χ0n) is 17.2. The Morgan fingerprint density at radius 3 is 2.43 bits per heavy atom. The summed E-state index contributed by atoms with van der Waals surface area (Å²) in [5, 5.41) is 4.35. The van der Waals surface area contributed by atoms with Crippen molar-refractivity contribution < 1.29 is 29.1 Å². The van der Waals surface area contributed by atoms with Crippen molar-refractivity contribution in [2.24, 2.45) is 0 Å². The van der Waals surface area contributed by atoms with Gasteiger partial charge in [0.05, 0.1) is 8.07 Å². The molecule has 0 N–H and O–H groups in total. The van der Waals surface area contributed by atoms with Gasteiger partial charge < -0.3 is 4.42 Å². The van der Waals surface area contributed by atoms with Crippen molar-refractivity contribution in [1.29, 1.82) is 0 Å². The predicted octanol–water partition coefficient (Wildman–Crippen LogP) is 7.10. The number of aryl methyl sites for hydroxylation is 1. The number of allylic oxidation sites excluding steroid dienone is 2. The van der Waals surface area contributed by atoms with E-state index in [2.05, 4.69) is 75.5 Å². The van der Waals surface area contributed by atoms with Crippen molar-refractivity contribution in [3.63, 3.8) is 0 Å². The Bertz CT molecular complexity index is 1190. The maximum atomic E-state index is 5.76. The summed E-state index contributed by atoms with van der Waals surface area (Å²) in [5.74, 6) is 2.31. The summed E-state index contributed by atoms with van der Waals surface area (Å²) in [6.45, 7) is 11.5. The fourth-order valence-corrected chi connectivity index (χ4v) is 10.6. The quantitative estimate of drug-likeness (QED) is 0.326. The molecule has 3 heterocycles. The molecule has 0 fully saturated rings. The first-order chi connectivity index (χ1) is 13.3. The van der Waals surface area contributed by atoms with E-state index in [0.29, 0.717) is 3.63 Å². The van der Waals surface area contributed by atoms with Crippen LogP contribution in [0.2, 0.25) is 13.1 Å². The van der Waals surface area contributed by atoms with Gasteiger partial charge >= 0.3 is 105 Å². The van der Waals surface area contributed by atoms with E-state index in [4.69, 9.17) is 4.42 Å². The molecule has 0 saturated carbocycles.